The van der Waals surface area contributed by atoms with Crippen LogP contribution in [0.4, 0.5) is 4.39 Å². The van der Waals surface area contributed by atoms with Crippen LogP contribution in [0.15, 0.2) is 53.7 Å². The Morgan fingerprint density at radius 3 is 2.85 bits per heavy atom. The van der Waals surface area contributed by atoms with Gasteiger partial charge >= 0.3 is 0 Å². The van der Waals surface area contributed by atoms with Crippen LogP contribution in [0.1, 0.15) is 23.1 Å². The minimum atomic E-state index is -0.325. The highest BCUT2D eigenvalue weighted by Crippen LogP contribution is 2.21. The number of halogens is 1. The zero-order valence-corrected chi connectivity index (χ0v) is 15.5. The monoisotopic (exact) mass is 370 g/mol. The van der Waals surface area contributed by atoms with Crippen molar-refractivity contribution in [1.82, 2.24) is 4.90 Å². The summed E-state index contributed by atoms with van der Waals surface area (Å²) < 4.78 is 18.5. The molecule has 0 radical (unpaired) electrons. The van der Waals surface area contributed by atoms with Gasteiger partial charge in [0.1, 0.15) is 12.4 Å². The maximum absolute atomic E-state index is 13.5. The number of nitrogens with zero attached hydrogens (tertiary/aromatic N) is 2. The van der Waals surface area contributed by atoms with E-state index in [9.17, 15) is 9.18 Å². The van der Waals surface area contributed by atoms with Gasteiger partial charge in [0.15, 0.2) is 6.10 Å². The van der Waals surface area contributed by atoms with Gasteiger partial charge in [0.2, 0.25) is 5.91 Å². The van der Waals surface area contributed by atoms with E-state index in [1.807, 2.05) is 31.2 Å². The van der Waals surface area contributed by atoms with E-state index in [-0.39, 0.29) is 24.4 Å². The molecular formula is C21H23FN2O3. The Bertz CT molecular complexity index is 838. The van der Waals surface area contributed by atoms with Gasteiger partial charge in [-0.1, -0.05) is 41.6 Å². The molecule has 0 bridgehead atoms. The third-order valence-corrected chi connectivity index (χ3v) is 4.50. The van der Waals surface area contributed by atoms with Crippen LogP contribution in [0.3, 0.4) is 0 Å². The van der Waals surface area contributed by atoms with Gasteiger partial charge in [-0.15, -0.1) is 0 Å². The number of hydrogen-bond donors (Lipinski definition) is 0. The van der Waals surface area contributed by atoms with E-state index in [0.717, 1.165) is 22.4 Å². The molecule has 1 aliphatic rings. The molecule has 142 valence electrons. The molecule has 1 amide bonds. The lowest BCUT2D eigenvalue weighted by Crippen LogP contribution is -2.39. The molecule has 2 aromatic rings. The van der Waals surface area contributed by atoms with Crippen molar-refractivity contribution in [3.8, 4) is 0 Å². The average molecular weight is 370 g/mol. The van der Waals surface area contributed by atoms with Crippen LogP contribution >= 0.6 is 0 Å². The minimum absolute atomic E-state index is 0.0342. The number of methoxy groups -OCH3 is 1. The average Bonchev–Trinajstić information content (AvgIpc) is 3.10. The van der Waals surface area contributed by atoms with Crippen LogP contribution in [0.5, 0.6) is 0 Å². The molecule has 0 saturated heterocycles. The van der Waals surface area contributed by atoms with E-state index in [4.69, 9.17) is 9.57 Å². The molecule has 0 unspecified atom stereocenters. The number of carbonyl (C=O) groups excluding carboxylic acids is 1. The maximum atomic E-state index is 13.5. The van der Waals surface area contributed by atoms with Crippen LogP contribution < -0.4 is 0 Å². The first kappa shape index (κ1) is 19.0. The van der Waals surface area contributed by atoms with Crippen molar-refractivity contribution < 1.29 is 18.8 Å². The van der Waals surface area contributed by atoms with Crippen molar-refractivity contribution in [3.63, 3.8) is 0 Å². The number of carbonyl (C=O) groups is 1. The van der Waals surface area contributed by atoms with Gasteiger partial charge in [-0.2, -0.15) is 0 Å². The van der Waals surface area contributed by atoms with E-state index < -0.39 is 0 Å². The van der Waals surface area contributed by atoms with Gasteiger partial charge in [-0.3, -0.25) is 4.79 Å². The van der Waals surface area contributed by atoms with E-state index in [0.29, 0.717) is 19.5 Å². The Labute approximate surface area is 158 Å². The van der Waals surface area contributed by atoms with Crippen molar-refractivity contribution in [1.29, 1.82) is 0 Å². The van der Waals surface area contributed by atoms with Gasteiger partial charge in [0.25, 0.3) is 0 Å². The summed E-state index contributed by atoms with van der Waals surface area (Å²) in [4.78, 5) is 19.6. The fourth-order valence-electron chi connectivity index (χ4n) is 3.15. The molecule has 27 heavy (non-hydrogen) atoms. The summed E-state index contributed by atoms with van der Waals surface area (Å²) >= 11 is 0. The number of rotatable bonds is 7. The second-order valence-corrected chi connectivity index (χ2v) is 6.62. The smallest absolute Gasteiger partial charge is 0.248 e. The van der Waals surface area contributed by atoms with E-state index >= 15 is 0 Å². The summed E-state index contributed by atoms with van der Waals surface area (Å²) in [6.07, 6.45) is 0.374. The highest BCUT2D eigenvalue weighted by molar-refractivity contribution is 6.02. The van der Waals surface area contributed by atoms with Crippen molar-refractivity contribution in [2.75, 3.05) is 20.3 Å². The molecule has 0 aliphatic carbocycles. The number of hydrogen-bond acceptors (Lipinski definition) is 4. The molecule has 3 rings (SSSR count). The van der Waals surface area contributed by atoms with Gasteiger partial charge in [-0.05, 0) is 30.2 Å². The number of oxime groups is 1. The van der Waals surface area contributed by atoms with Gasteiger partial charge in [0, 0.05) is 25.6 Å². The molecular weight excluding hydrogens is 347 g/mol. The Morgan fingerprint density at radius 1 is 1.30 bits per heavy atom. The first-order valence-corrected chi connectivity index (χ1v) is 8.86. The Balaban J connectivity index is 1.68. The topological polar surface area (TPSA) is 51.1 Å². The molecule has 1 heterocycles. The van der Waals surface area contributed by atoms with Crippen molar-refractivity contribution in [3.05, 3.63) is 71.0 Å². The molecule has 6 heteroatoms. The quantitative estimate of drug-likeness (QED) is 0.751. The van der Waals surface area contributed by atoms with E-state index in [2.05, 4.69) is 5.16 Å². The van der Waals surface area contributed by atoms with Crippen molar-refractivity contribution >= 4 is 11.6 Å². The minimum Gasteiger partial charge on any atom is -0.390 e. The number of benzene rings is 2. The third kappa shape index (κ3) is 4.92. The van der Waals surface area contributed by atoms with Crippen LogP contribution in [-0.4, -0.2) is 42.9 Å². The summed E-state index contributed by atoms with van der Waals surface area (Å²) in [6, 6.07) is 14.2. The molecule has 0 spiro atoms. The first-order chi connectivity index (χ1) is 13.1. The molecule has 0 fully saturated rings. The molecule has 0 N–H and O–H groups in total. The number of ether oxygens (including phenoxy) is 1. The van der Waals surface area contributed by atoms with E-state index in [1.165, 1.54) is 19.2 Å². The lowest BCUT2D eigenvalue weighted by Gasteiger charge is -2.24. The SMILES string of the molecule is COCC(=O)N(Cc1cccc(F)c1)C[C@@H]1CC(c2ccccc2C)=NO1. The second kappa shape index (κ2) is 8.77. The van der Waals surface area contributed by atoms with E-state index in [1.54, 1.807) is 17.0 Å². The van der Waals surface area contributed by atoms with Gasteiger partial charge in [-0.25, -0.2) is 4.39 Å². The second-order valence-electron chi connectivity index (χ2n) is 6.62. The Morgan fingerprint density at radius 2 is 2.11 bits per heavy atom. The summed E-state index contributed by atoms with van der Waals surface area (Å²) in [5, 5.41) is 4.22. The molecule has 5 nitrogen and oxygen atoms in total. The van der Waals surface area contributed by atoms with Crippen molar-refractivity contribution in [2.45, 2.75) is 26.0 Å². The summed E-state index contributed by atoms with van der Waals surface area (Å²) in [7, 11) is 1.48. The first-order valence-electron chi connectivity index (χ1n) is 8.86. The summed E-state index contributed by atoms with van der Waals surface area (Å²) in [5.41, 5.74) is 3.79. The molecule has 0 aromatic heterocycles. The zero-order valence-electron chi connectivity index (χ0n) is 15.5. The van der Waals surface area contributed by atoms with Crippen molar-refractivity contribution in [2.24, 2.45) is 5.16 Å². The van der Waals surface area contributed by atoms with Gasteiger partial charge < -0.3 is 14.5 Å². The normalized spacial score (nSPS) is 16.0. The van der Waals surface area contributed by atoms with Gasteiger partial charge in [0.05, 0.1) is 12.3 Å². The highest BCUT2D eigenvalue weighted by Gasteiger charge is 2.27. The van der Waals surface area contributed by atoms with Crippen LogP contribution in [0, 0.1) is 12.7 Å². The predicted octanol–water partition coefficient (Wildman–Crippen LogP) is 3.30. The summed E-state index contributed by atoms with van der Waals surface area (Å²) in [6.45, 7) is 2.65. The fraction of sp³-hybridized carbons (Fsp3) is 0.333. The van der Waals surface area contributed by atoms with Crippen LogP contribution in [0.25, 0.3) is 0 Å². The van der Waals surface area contributed by atoms with Crippen LogP contribution in [0.2, 0.25) is 0 Å². The predicted molar refractivity (Wildman–Crippen MR) is 101 cm³/mol. The maximum Gasteiger partial charge on any atom is 0.248 e. The Kier molecular flexibility index (Phi) is 6.19. The number of aryl methyl sites for hydroxylation is 1. The fourth-order valence-corrected chi connectivity index (χ4v) is 3.15. The summed E-state index contributed by atoms with van der Waals surface area (Å²) in [5.74, 6) is -0.497. The highest BCUT2D eigenvalue weighted by atomic mass is 19.1. The lowest BCUT2D eigenvalue weighted by atomic mass is 10.0. The standard InChI is InChI=1S/C21H23FN2O3/c1-15-6-3-4-9-19(15)20-11-18(27-23-20)13-24(21(25)14-26-2)12-16-7-5-8-17(22)10-16/h3-10,18H,11-14H2,1-2H3/t18-/m0/s1. The third-order valence-electron chi connectivity index (χ3n) is 4.50. The zero-order chi connectivity index (χ0) is 19.2. The largest absolute Gasteiger partial charge is 0.390 e. The molecule has 2 aromatic carbocycles. The van der Waals surface area contributed by atoms with Crippen LogP contribution in [-0.2, 0) is 20.9 Å². The lowest BCUT2D eigenvalue weighted by molar-refractivity contribution is -0.137. The Hall–Kier alpha value is -2.73. The molecule has 0 saturated carbocycles. The molecule has 1 atom stereocenters. The number of amides is 1. The molecule has 1 aliphatic heterocycles.